The van der Waals surface area contributed by atoms with Crippen molar-refractivity contribution in [3.8, 4) is 22.1 Å². The smallest absolute Gasteiger partial charge is 0.347 e. The van der Waals surface area contributed by atoms with Crippen molar-refractivity contribution in [3.63, 3.8) is 0 Å². The number of carboxylic acid groups (broad SMARTS) is 1. The fourth-order valence-electron chi connectivity index (χ4n) is 1.80. The predicted molar refractivity (Wildman–Crippen MR) is 80.1 cm³/mol. The molecule has 0 unspecified atom stereocenters. The summed E-state index contributed by atoms with van der Waals surface area (Å²) in [5, 5.41) is 9.69. The van der Waals surface area contributed by atoms with Crippen LogP contribution in [0.5, 0.6) is 11.5 Å². The quantitative estimate of drug-likeness (QED) is 0.905. The number of rotatable bonds is 4. The van der Waals surface area contributed by atoms with Gasteiger partial charge >= 0.3 is 5.97 Å². The maximum absolute atomic E-state index is 11.1. The molecule has 0 atom stereocenters. The summed E-state index contributed by atoms with van der Waals surface area (Å²) in [6.07, 6.45) is 0. The number of aromatic nitrogens is 1. The lowest BCUT2D eigenvalue weighted by Gasteiger charge is -2.11. The summed E-state index contributed by atoms with van der Waals surface area (Å²) >= 11 is 4.50. The third-order valence-corrected chi connectivity index (χ3v) is 4.30. The maximum Gasteiger partial charge on any atom is 0.347 e. The molecule has 0 aliphatic heterocycles. The molecular weight excluding hydrogens is 346 g/mol. The molecule has 0 fully saturated rings. The van der Waals surface area contributed by atoms with E-state index in [1.807, 2.05) is 6.07 Å². The first-order valence-electron chi connectivity index (χ1n) is 5.60. The third-order valence-electron chi connectivity index (χ3n) is 2.66. The molecule has 5 nitrogen and oxygen atoms in total. The minimum absolute atomic E-state index is 0.223. The molecule has 0 aliphatic carbocycles. The van der Waals surface area contributed by atoms with E-state index in [1.54, 1.807) is 20.1 Å². The van der Waals surface area contributed by atoms with Crippen LogP contribution in [-0.2, 0) is 0 Å². The van der Waals surface area contributed by atoms with Crippen LogP contribution in [0, 0.1) is 6.92 Å². The molecule has 0 saturated heterocycles. The highest BCUT2D eigenvalue weighted by atomic mass is 79.9. The Bertz CT molecular complexity index is 669. The normalized spacial score (nSPS) is 10.4. The van der Waals surface area contributed by atoms with Gasteiger partial charge in [-0.05, 0) is 19.1 Å². The van der Waals surface area contributed by atoms with E-state index in [0.29, 0.717) is 27.8 Å². The summed E-state index contributed by atoms with van der Waals surface area (Å²) in [6, 6.07) is 3.60. The highest BCUT2D eigenvalue weighted by Gasteiger charge is 2.20. The largest absolute Gasteiger partial charge is 0.493 e. The predicted octanol–water partition coefficient (Wildman–Crippen LogP) is 3.60. The summed E-state index contributed by atoms with van der Waals surface area (Å²) in [7, 11) is 3.08. The number of hydrogen-bond acceptors (Lipinski definition) is 5. The Labute approximate surface area is 128 Å². The molecule has 0 saturated carbocycles. The Morgan fingerprint density at radius 1 is 1.35 bits per heavy atom. The van der Waals surface area contributed by atoms with E-state index in [0.717, 1.165) is 15.8 Å². The van der Waals surface area contributed by atoms with Crippen molar-refractivity contribution in [3.05, 3.63) is 27.2 Å². The second-order valence-electron chi connectivity index (χ2n) is 3.93. The number of thiazole rings is 1. The number of nitrogens with zero attached hydrogens (tertiary/aromatic N) is 1. The van der Waals surface area contributed by atoms with Crippen molar-refractivity contribution in [1.82, 2.24) is 4.98 Å². The first-order chi connectivity index (χ1) is 9.47. The van der Waals surface area contributed by atoms with Gasteiger partial charge in [-0.1, -0.05) is 15.9 Å². The number of carbonyl (C=O) groups is 1. The third kappa shape index (κ3) is 2.64. The topological polar surface area (TPSA) is 68.7 Å². The molecule has 1 heterocycles. The molecule has 0 radical (unpaired) electrons. The van der Waals surface area contributed by atoms with E-state index in [-0.39, 0.29) is 4.88 Å². The van der Waals surface area contributed by atoms with Crippen molar-refractivity contribution in [2.24, 2.45) is 0 Å². The highest BCUT2D eigenvalue weighted by molar-refractivity contribution is 9.10. The maximum atomic E-state index is 11.1. The Morgan fingerprint density at radius 2 is 2.05 bits per heavy atom. The molecule has 1 aromatic heterocycles. The molecule has 1 aromatic carbocycles. The van der Waals surface area contributed by atoms with Crippen molar-refractivity contribution >= 4 is 33.2 Å². The lowest BCUT2D eigenvalue weighted by molar-refractivity contribution is 0.0701. The lowest BCUT2D eigenvalue weighted by Crippen LogP contribution is -1.94. The van der Waals surface area contributed by atoms with Gasteiger partial charge in [0.2, 0.25) is 0 Å². The molecule has 1 N–H and O–H groups in total. The van der Waals surface area contributed by atoms with Crippen LogP contribution in [0.1, 0.15) is 15.4 Å². The number of methoxy groups -OCH3 is 2. The standard InChI is InChI=1S/C13H12BrNO4S/c1-6-11(13(16)17)20-12(15-6)8-4-7(14)5-9(18-2)10(8)19-3/h4-5H,1-3H3,(H,16,17). The molecule has 7 heteroatoms. The molecule has 106 valence electrons. The zero-order valence-corrected chi connectivity index (χ0v) is 13.5. The monoisotopic (exact) mass is 357 g/mol. The van der Waals surface area contributed by atoms with E-state index >= 15 is 0 Å². The van der Waals surface area contributed by atoms with Crippen LogP contribution in [0.25, 0.3) is 10.6 Å². The highest BCUT2D eigenvalue weighted by Crippen LogP contribution is 2.42. The number of benzene rings is 1. The average Bonchev–Trinajstić information content (AvgIpc) is 2.79. The van der Waals surface area contributed by atoms with Crippen LogP contribution >= 0.6 is 27.3 Å². The van der Waals surface area contributed by atoms with Crippen LogP contribution in [0.2, 0.25) is 0 Å². The van der Waals surface area contributed by atoms with Gasteiger partial charge in [0.15, 0.2) is 11.5 Å². The second-order valence-corrected chi connectivity index (χ2v) is 5.84. The summed E-state index contributed by atoms with van der Waals surface area (Å²) in [5.74, 6) is 0.107. The van der Waals surface area contributed by atoms with Gasteiger partial charge in [0.1, 0.15) is 9.88 Å². The van der Waals surface area contributed by atoms with E-state index in [9.17, 15) is 4.79 Å². The van der Waals surface area contributed by atoms with Crippen LogP contribution in [0.3, 0.4) is 0 Å². The Balaban J connectivity index is 2.65. The van der Waals surface area contributed by atoms with Gasteiger partial charge in [0, 0.05) is 4.47 Å². The first-order valence-corrected chi connectivity index (χ1v) is 7.21. The summed E-state index contributed by atoms with van der Waals surface area (Å²) < 4.78 is 11.4. The van der Waals surface area contributed by atoms with Crippen LogP contribution in [0.15, 0.2) is 16.6 Å². The molecule has 2 rings (SSSR count). The number of ether oxygens (including phenoxy) is 2. The lowest BCUT2D eigenvalue weighted by atomic mass is 10.2. The fourth-order valence-corrected chi connectivity index (χ4v) is 3.15. The van der Waals surface area contributed by atoms with Crippen molar-refractivity contribution in [1.29, 1.82) is 0 Å². The van der Waals surface area contributed by atoms with Crippen molar-refractivity contribution in [2.45, 2.75) is 6.92 Å². The summed E-state index contributed by atoms with van der Waals surface area (Å²) in [4.78, 5) is 15.6. The van der Waals surface area contributed by atoms with Crippen LogP contribution < -0.4 is 9.47 Å². The molecule has 0 amide bonds. The van der Waals surface area contributed by atoms with Gasteiger partial charge in [0.25, 0.3) is 0 Å². The van der Waals surface area contributed by atoms with Crippen molar-refractivity contribution in [2.75, 3.05) is 14.2 Å². The minimum atomic E-state index is -0.979. The fraction of sp³-hybridized carbons (Fsp3) is 0.231. The number of hydrogen-bond donors (Lipinski definition) is 1. The Kier molecular flexibility index (Phi) is 4.29. The van der Waals surface area contributed by atoms with Gasteiger partial charge in [-0.3, -0.25) is 0 Å². The van der Waals surface area contributed by atoms with E-state index in [2.05, 4.69) is 20.9 Å². The summed E-state index contributed by atoms with van der Waals surface area (Å²) in [6.45, 7) is 1.67. The molecular formula is C13H12BrNO4S. The molecule has 0 bridgehead atoms. The zero-order valence-electron chi connectivity index (χ0n) is 11.1. The van der Waals surface area contributed by atoms with Gasteiger partial charge in [-0.15, -0.1) is 11.3 Å². The number of aryl methyl sites for hydroxylation is 1. The van der Waals surface area contributed by atoms with Crippen LogP contribution in [0.4, 0.5) is 0 Å². The minimum Gasteiger partial charge on any atom is -0.493 e. The Hall–Kier alpha value is -1.60. The molecule has 0 spiro atoms. The first kappa shape index (κ1) is 14.8. The summed E-state index contributed by atoms with van der Waals surface area (Å²) in [5.41, 5.74) is 1.18. The van der Waals surface area contributed by atoms with Crippen molar-refractivity contribution < 1.29 is 19.4 Å². The molecule has 20 heavy (non-hydrogen) atoms. The number of aromatic carboxylic acids is 1. The van der Waals surface area contributed by atoms with Crippen LogP contribution in [-0.4, -0.2) is 30.3 Å². The average molecular weight is 358 g/mol. The van der Waals surface area contributed by atoms with Gasteiger partial charge in [-0.25, -0.2) is 9.78 Å². The SMILES string of the molecule is COc1cc(Br)cc(-c2nc(C)c(C(=O)O)s2)c1OC. The Morgan fingerprint density at radius 3 is 2.55 bits per heavy atom. The number of carboxylic acids is 1. The van der Waals surface area contributed by atoms with E-state index in [1.165, 1.54) is 7.11 Å². The van der Waals surface area contributed by atoms with Gasteiger partial charge in [0.05, 0.1) is 25.5 Å². The molecule has 2 aromatic rings. The second kappa shape index (κ2) is 5.80. The zero-order chi connectivity index (χ0) is 14.9. The van der Waals surface area contributed by atoms with Gasteiger partial charge < -0.3 is 14.6 Å². The van der Waals surface area contributed by atoms with E-state index in [4.69, 9.17) is 14.6 Å². The number of halogens is 1. The van der Waals surface area contributed by atoms with E-state index < -0.39 is 5.97 Å². The molecule has 0 aliphatic rings. The van der Waals surface area contributed by atoms with Gasteiger partial charge in [-0.2, -0.15) is 0 Å².